The molecule has 1 aromatic rings. The first-order valence-electron chi connectivity index (χ1n) is 7.07. The van der Waals surface area contributed by atoms with E-state index in [1.54, 1.807) is 14.2 Å². The van der Waals surface area contributed by atoms with Crippen LogP contribution in [0.4, 0.5) is 0 Å². The average Bonchev–Trinajstić information content (AvgIpc) is 2.97. The minimum atomic E-state index is 0.132. The largest absolute Gasteiger partial charge is 0.493 e. The molecule has 3 N–H and O–H groups in total. The van der Waals surface area contributed by atoms with Gasteiger partial charge in [0.25, 0.3) is 0 Å². The van der Waals surface area contributed by atoms with E-state index in [4.69, 9.17) is 15.2 Å². The Balaban J connectivity index is 2.23. The van der Waals surface area contributed by atoms with Gasteiger partial charge in [-0.3, -0.25) is 0 Å². The summed E-state index contributed by atoms with van der Waals surface area (Å²) < 4.78 is 11.7. The molecular weight excluding hydrogens is 320 g/mol. The van der Waals surface area contributed by atoms with Gasteiger partial charge in [-0.2, -0.15) is 0 Å². The van der Waals surface area contributed by atoms with E-state index in [0.29, 0.717) is 12.6 Å². The van der Waals surface area contributed by atoms with E-state index < -0.39 is 0 Å². The molecule has 4 nitrogen and oxygen atoms in total. The summed E-state index contributed by atoms with van der Waals surface area (Å²) in [7, 11) is 3.29. The lowest BCUT2D eigenvalue weighted by Crippen LogP contribution is -2.35. The van der Waals surface area contributed by atoms with Crippen LogP contribution in [-0.4, -0.2) is 26.8 Å². The van der Waals surface area contributed by atoms with Crippen molar-refractivity contribution in [3.8, 4) is 11.5 Å². The lowest BCUT2D eigenvalue weighted by molar-refractivity contribution is 0.353. The van der Waals surface area contributed by atoms with Crippen molar-refractivity contribution in [2.24, 2.45) is 5.73 Å². The van der Waals surface area contributed by atoms with Gasteiger partial charge >= 0.3 is 0 Å². The number of hydrogen-bond donors (Lipinski definition) is 2. The van der Waals surface area contributed by atoms with Crippen molar-refractivity contribution in [1.82, 2.24) is 5.32 Å². The molecule has 0 aliphatic heterocycles. The molecule has 0 saturated heterocycles. The monoisotopic (exact) mass is 342 g/mol. The normalized spacial score (nSPS) is 17.2. The van der Waals surface area contributed by atoms with Crippen molar-refractivity contribution in [3.05, 3.63) is 22.2 Å². The number of nitrogens with one attached hydrogen (secondary N) is 1. The fraction of sp³-hybridized carbons (Fsp3) is 0.600. The van der Waals surface area contributed by atoms with Crippen molar-refractivity contribution < 1.29 is 9.47 Å². The highest BCUT2D eigenvalue weighted by atomic mass is 79.9. The third-order valence-electron chi connectivity index (χ3n) is 3.91. The quantitative estimate of drug-likeness (QED) is 0.834. The highest BCUT2D eigenvalue weighted by molar-refractivity contribution is 9.10. The molecule has 0 spiro atoms. The zero-order valence-electron chi connectivity index (χ0n) is 12.1. The van der Waals surface area contributed by atoms with Crippen molar-refractivity contribution in [1.29, 1.82) is 0 Å². The molecule has 0 heterocycles. The van der Waals surface area contributed by atoms with E-state index in [0.717, 1.165) is 21.5 Å². The van der Waals surface area contributed by atoms with Gasteiger partial charge in [0.2, 0.25) is 0 Å². The second-order valence-corrected chi connectivity index (χ2v) is 6.02. The number of benzene rings is 1. The third kappa shape index (κ3) is 3.45. The minimum absolute atomic E-state index is 0.132. The predicted molar refractivity (Wildman–Crippen MR) is 84.4 cm³/mol. The number of halogens is 1. The Kier molecular flexibility index (Phi) is 5.69. The standard InChI is InChI=1S/C15H23BrN2O2/c1-19-14-7-11(12(16)8-15(14)20-2)13(9-17)18-10-5-3-4-6-10/h7-8,10,13,18H,3-6,9,17H2,1-2H3. The van der Waals surface area contributed by atoms with Crippen LogP contribution in [-0.2, 0) is 0 Å². The molecule has 2 rings (SSSR count). The van der Waals surface area contributed by atoms with Crippen LogP contribution in [0.15, 0.2) is 16.6 Å². The fourth-order valence-corrected chi connectivity index (χ4v) is 3.40. The summed E-state index contributed by atoms with van der Waals surface area (Å²) in [5, 5.41) is 3.66. The zero-order valence-corrected chi connectivity index (χ0v) is 13.7. The van der Waals surface area contributed by atoms with Crippen molar-refractivity contribution in [2.45, 2.75) is 37.8 Å². The fourth-order valence-electron chi connectivity index (χ4n) is 2.80. The van der Waals surface area contributed by atoms with E-state index >= 15 is 0 Å². The number of methoxy groups -OCH3 is 2. The van der Waals surface area contributed by atoms with Gasteiger partial charge in [0.1, 0.15) is 0 Å². The second-order valence-electron chi connectivity index (χ2n) is 5.17. The first-order chi connectivity index (χ1) is 9.69. The maximum atomic E-state index is 5.96. The molecule has 1 aliphatic rings. The lowest BCUT2D eigenvalue weighted by atomic mass is 10.0. The van der Waals surface area contributed by atoms with Crippen LogP contribution in [0, 0.1) is 0 Å². The molecule has 112 valence electrons. The minimum Gasteiger partial charge on any atom is -0.493 e. The summed E-state index contributed by atoms with van der Waals surface area (Å²) in [6.07, 6.45) is 5.09. The summed E-state index contributed by atoms with van der Waals surface area (Å²) in [4.78, 5) is 0. The molecule has 5 heteroatoms. The van der Waals surface area contributed by atoms with Crippen LogP contribution in [0.3, 0.4) is 0 Å². The predicted octanol–water partition coefficient (Wildman–Crippen LogP) is 3.00. The Labute approximate surface area is 129 Å². The molecular formula is C15H23BrN2O2. The van der Waals surface area contributed by atoms with E-state index in [1.165, 1.54) is 25.7 Å². The summed E-state index contributed by atoms with van der Waals surface area (Å²) in [5.74, 6) is 1.46. The molecule has 1 atom stereocenters. The highest BCUT2D eigenvalue weighted by Gasteiger charge is 2.22. The smallest absolute Gasteiger partial charge is 0.161 e. The Morgan fingerprint density at radius 1 is 1.25 bits per heavy atom. The Bertz CT molecular complexity index is 448. The summed E-state index contributed by atoms with van der Waals surface area (Å²) in [6, 6.07) is 4.64. The number of rotatable bonds is 6. The van der Waals surface area contributed by atoms with Crippen LogP contribution in [0.2, 0.25) is 0 Å². The molecule has 0 radical (unpaired) electrons. The van der Waals surface area contributed by atoms with Crippen molar-refractivity contribution in [3.63, 3.8) is 0 Å². The average molecular weight is 343 g/mol. The molecule has 0 aromatic heterocycles. The Hall–Kier alpha value is -0.780. The van der Waals surface area contributed by atoms with Crippen LogP contribution in [0.5, 0.6) is 11.5 Å². The molecule has 1 aliphatic carbocycles. The van der Waals surface area contributed by atoms with Crippen molar-refractivity contribution in [2.75, 3.05) is 20.8 Å². The van der Waals surface area contributed by atoms with E-state index in [9.17, 15) is 0 Å². The third-order valence-corrected chi connectivity index (χ3v) is 4.59. The maximum Gasteiger partial charge on any atom is 0.161 e. The van der Waals surface area contributed by atoms with Gasteiger partial charge in [0.05, 0.1) is 14.2 Å². The van der Waals surface area contributed by atoms with Crippen LogP contribution >= 0.6 is 15.9 Å². The van der Waals surface area contributed by atoms with Crippen molar-refractivity contribution >= 4 is 15.9 Å². The van der Waals surface area contributed by atoms with Gasteiger partial charge in [0.15, 0.2) is 11.5 Å². The molecule has 0 amide bonds. The van der Waals surface area contributed by atoms with E-state index in [1.807, 2.05) is 12.1 Å². The molecule has 1 fully saturated rings. The van der Waals surface area contributed by atoms with E-state index in [-0.39, 0.29) is 6.04 Å². The molecule has 20 heavy (non-hydrogen) atoms. The van der Waals surface area contributed by atoms with Gasteiger partial charge in [-0.25, -0.2) is 0 Å². The van der Waals surface area contributed by atoms with E-state index in [2.05, 4.69) is 21.2 Å². The molecule has 1 aromatic carbocycles. The molecule has 1 saturated carbocycles. The topological polar surface area (TPSA) is 56.5 Å². The van der Waals surface area contributed by atoms with Gasteiger partial charge in [-0.1, -0.05) is 28.8 Å². The first-order valence-corrected chi connectivity index (χ1v) is 7.86. The summed E-state index contributed by atoms with van der Waals surface area (Å²) in [5.41, 5.74) is 7.08. The van der Waals surface area contributed by atoms with Gasteiger partial charge < -0.3 is 20.5 Å². The highest BCUT2D eigenvalue weighted by Crippen LogP contribution is 2.36. The number of hydrogen-bond acceptors (Lipinski definition) is 4. The Morgan fingerprint density at radius 3 is 2.40 bits per heavy atom. The van der Waals surface area contributed by atoms with Gasteiger partial charge in [0, 0.05) is 23.1 Å². The number of nitrogens with two attached hydrogens (primary N) is 1. The lowest BCUT2D eigenvalue weighted by Gasteiger charge is -2.24. The van der Waals surface area contributed by atoms with Crippen LogP contribution in [0.1, 0.15) is 37.3 Å². The SMILES string of the molecule is COc1cc(Br)c(C(CN)NC2CCCC2)cc1OC. The second kappa shape index (κ2) is 7.29. The number of ether oxygens (including phenoxy) is 2. The molecule has 0 bridgehead atoms. The zero-order chi connectivity index (χ0) is 14.5. The maximum absolute atomic E-state index is 5.96. The van der Waals surface area contributed by atoms with Crippen LogP contribution < -0.4 is 20.5 Å². The van der Waals surface area contributed by atoms with Crippen LogP contribution in [0.25, 0.3) is 0 Å². The summed E-state index contributed by atoms with van der Waals surface area (Å²) in [6.45, 7) is 0.560. The summed E-state index contributed by atoms with van der Waals surface area (Å²) >= 11 is 3.61. The Morgan fingerprint density at radius 2 is 1.85 bits per heavy atom. The molecule has 1 unspecified atom stereocenters. The first kappa shape index (κ1) is 15.6. The van der Waals surface area contributed by atoms with Gasteiger partial charge in [-0.15, -0.1) is 0 Å². The van der Waals surface area contributed by atoms with Gasteiger partial charge in [-0.05, 0) is 30.5 Å².